The first kappa shape index (κ1) is 36.1. The van der Waals surface area contributed by atoms with Crippen LogP contribution in [0.1, 0.15) is 52.0 Å². The molecule has 0 bridgehead atoms. The Hall–Kier alpha value is -4.25. The van der Waals surface area contributed by atoms with Gasteiger partial charge in [0.2, 0.25) is 0 Å². The summed E-state index contributed by atoms with van der Waals surface area (Å²) < 4.78 is 11.0. The molecule has 0 spiro atoms. The third-order valence-electron chi connectivity index (χ3n) is 9.51. The van der Waals surface area contributed by atoms with Crippen LogP contribution in [-0.2, 0) is 20.1 Å². The Morgan fingerprint density at radius 1 is 0.712 bits per heavy atom. The Balaban J connectivity index is 0.000000197. The average Bonchev–Trinajstić information content (AvgIpc) is 3.54. The van der Waals surface area contributed by atoms with Crippen LogP contribution in [0.15, 0.2) is 128 Å². The average molecular weight is 890 g/mol. The van der Waals surface area contributed by atoms with E-state index in [1.54, 1.807) is 0 Å². The number of pyridine rings is 2. The molecule has 0 saturated carbocycles. The van der Waals surface area contributed by atoms with Crippen LogP contribution < -0.4 is 5.19 Å². The van der Waals surface area contributed by atoms with Gasteiger partial charge in [-0.3, -0.25) is 0 Å². The van der Waals surface area contributed by atoms with Crippen LogP contribution in [0, 0.1) is 12.1 Å². The topological polar surface area (TPSA) is 25.8 Å². The third kappa shape index (κ3) is 7.60. The summed E-state index contributed by atoms with van der Waals surface area (Å²) in [6.45, 7) is 15.4. The zero-order valence-corrected chi connectivity index (χ0v) is 35.0. The molecule has 0 unspecified atom stereocenters. The molecule has 1 radical (unpaired) electrons. The summed E-state index contributed by atoms with van der Waals surface area (Å²) in [6.07, 6.45) is 3.86. The van der Waals surface area contributed by atoms with Gasteiger partial charge in [-0.25, -0.2) is 0 Å². The standard InChI is InChI=1S/C29H26NS.C18H18NSi.Ir/c1-18(2)21-15-16-30-26(17-21)24-14-13-23(20-9-6-5-7-10-20)27-25-12-8-11-22(19(3)4)28(25)31-29(24)27;1-20(2,3)15-11-12-18(19-13-15)17-10-6-8-14-7-4-5-9-16(14)17;/h5-13,15-19H,1-4H3;4-9,11-13H,1-3H3;/q2*-1;/i18D;;. The fourth-order valence-electron chi connectivity index (χ4n) is 6.59. The van der Waals surface area contributed by atoms with E-state index in [4.69, 9.17) is 6.35 Å². The van der Waals surface area contributed by atoms with Crippen molar-refractivity contribution in [1.82, 2.24) is 9.97 Å². The number of nitrogens with zero attached hydrogens (tertiary/aromatic N) is 2. The summed E-state index contributed by atoms with van der Waals surface area (Å²) >= 11 is 1.84. The first-order valence-corrected chi connectivity index (χ1v) is 22.0. The predicted octanol–water partition coefficient (Wildman–Crippen LogP) is 13.1. The molecule has 52 heavy (non-hydrogen) atoms. The molecule has 8 aromatic rings. The monoisotopic (exact) mass is 890 g/mol. The van der Waals surface area contributed by atoms with Crippen molar-refractivity contribution < 1.29 is 21.5 Å². The van der Waals surface area contributed by atoms with Crippen molar-refractivity contribution in [2.24, 2.45) is 0 Å². The summed E-state index contributed by atoms with van der Waals surface area (Å²) in [4.78, 5) is 9.36. The summed E-state index contributed by atoms with van der Waals surface area (Å²) in [7, 11) is -1.28. The molecular formula is C47H44IrN2SSi-2. The SMILES string of the molecule is C[Si](C)(C)c1ccc(-c2[c-]ccc3ccccc23)nc1.[2H]C(C)(C)c1ccnc(-c2[c-]cc(-c3ccccc3)c3c2sc2c(C(C)C)cccc23)c1.[Ir]. The normalized spacial score (nSPS) is 12.0. The van der Waals surface area contributed by atoms with E-state index < -0.39 is 14.0 Å². The van der Waals surface area contributed by atoms with Gasteiger partial charge in [-0.15, -0.1) is 46.8 Å². The molecule has 0 fully saturated rings. The van der Waals surface area contributed by atoms with Crippen LogP contribution in [0.4, 0.5) is 0 Å². The zero-order valence-electron chi connectivity index (χ0n) is 31.8. The molecule has 0 N–H and O–H groups in total. The van der Waals surface area contributed by atoms with Gasteiger partial charge in [0.15, 0.2) is 0 Å². The molecule has 5 heteroatoms. The molecule has 0 saturated heterocycles. The van der Waals surface area contributed by atoms with E-state index in [1.807, 2.05) is 55.8 Å². The first-order valence-electron chi connectivity index (χ1n) is 18.2. The van der Waals surface area contributed by atoms with Crippen molar-refractivity contribution in [3.63, 3.8) is 0 Å². The maximum atomic E-state index is 8.47. The van der Waals surface area contributed by atoms with Gasteiger partial charge in [0.25, 0.3) is 0 Å². The number of aromatic nitrogens is 2. The van der Waals surface area contributed by atoms with Gasteiger partial charge in [0.05, 0.1) is 8.07 Å². The number of fused-ring (bicyclic) bond motifs is 4. The molecule has 0 amide bonds. The minimum atomic E-state index is -1.28. The van der Waals surface area contributed by atoms with E-state index in [0.29, 0.717) is 5.92 Å². The van der Waals surface area contributed by atoms with Crippen molar-refractivity contribution in [3.8, 4) is 33.6 Å². The van der Waals surface area contributed by atoms with Gasteiger partial charge < -0.3 is 9.97 Å². The fraction of sp³-hybridized carbons (Fsp3) is 0.191. The zero-order chi connectivity index (χ0) is 36.6. The Morgan fingerprint density at radius 2 is 1.46 bits per heavy atom. The fourth-order valence-corrected chi connectivity index (χ4v) is 9.12. The number of thiophene rings is 1. The van der Waals surface area contributed by atoms with Gasteiger partial charge in [-0.2, -0.15) is 11.3 Å². The summed E-state index contributed by atoms with van der Waals surface area (Å²) in [5, 5.41) is 6.40. The molecule has 3 aromatic heterocycles. The molecule has 0 atom stereocenters. The molecule has 8 rings (SSSR count). The van der Waals surface area contributed by atoms with E-state index in [2.05, 4.69) is 148 Å². The third-order valence-corrected chi connectivity index (χ3v) is 12.8. The van der Waals surface area contributed by atoms with Crippen LogP contribution in [0.25, 0.3) is 64.6 Å². The second-order valence-electron chi connectivity index (χ2n) is 14.7. The van der Waals surface area contributed by atoms with Crippen molar-refractivity contribution in [2.75, 3.05) is 0 Å². The van der Waals surface area contributed by atoms with E-state index in [9.17, 15) is 0 Å². The number of hydrogen-bond donors (Lipinski definition) is 0. The van der Waals surface area contributed by atoms with Crippen molar-refractivity contribution >= 4 is 55.5 Å². The van der Waals surface area contributed by atoms with E-state index in [-0.39, 0.29) is 20.1 Å². The largest absolute Gasteiger partial charge is 0.305 e. The van der Waals surface area contributed by atoms with Gasteiger partial charge in [0, 0.05) is 38.6 Å². The van der Waals surface area contributed by atoms with E-state index in [1.165, 1.54) is 52.8 Å². The number of benzene rings is 5. The molecular weight excluding hydrogens is 845 g/mol. The van der Waals surface area contributed by atoms with Crippen LogP contribution in [0.3, 0.4) is 0 Å². The summed E-state index contributed by atoms with van der Waals surface area (Å²) in [5.41, 5.74) is 8.72. The van der Waals surface area contributed by atoms with Crippen molar-refractivity contribution in [2.45, 2.75) is 59.1 Å². The molecule has 263 valence electrons. The molecule has 2 nitrogen and oxygen atoms in total. The predicted molar refractivity (Wildman–Crippen MR) is 224 cm³/mol. The van der Waals surface area contributed by atoms with Crippen LogP contribution >= 0.6 is 11.3 Å². The summed E-state index contributed by atoms with van der Waals surface area (Å²) in [5.74, 6) is -0.226. The minimum absolute atomic E-state index is 0. The molecule has 0 aliphatic rings. The second-order valence-corrected chi connectivity index (χ2v) is 20.8. The number of rotatable bonds is 6. The Morgan fingerprint density at radius 3 is 2.17 bits per heavy atom. The van der Waals surface area contributed by atoms with E-state index in [0.717, 1.165) is 28.1 Å². The van der Waals surface area contributed by atoms with Crippen LogP contribution in [0.5, 0.6) is 0 Å². The van der Waals surface area contributed by atoms with Crippen LogP contribution in [-0.4, -0.2) is 18.0 Å². The maximum absolute atomic E-state index is 8.47. The molecule has 3 heterocycles. The number of hydrogen-bond acceptors (Lipinski definition) is 3. The van der Waals surface area contributed by atoms with Gasteiger partial charge >= 0.3 is 0 Å². The smallest absolute Gasteiger partial charge is 0.0795 e. The Labute approximate surface area is 328 Å². The van der Waals surface area contributed by atoms with Gasteiger partial charge in [-0.05, 0) is 50.1 Å². The Bertz CT molecular complexity index is 2510. The molecule has 5 aromatic carbocycles. The minimum Gasteiger partial charge on any atom is -0.305 e. The van der Waals surface area contributed by atoms with E-state index >= 15 is 0 Å². The van der Waals surface area contributed by atoms with Gasteiger partial charge in [-0.1, -0.05) is 166 Å². The first-order chi connectivity index (χ1) is 24.9. The molecule has 0 aliphatic heterocycles. The summed E-state index contributed by atoms with van der Waals surface area (Å²) in [6, 6.07) is 47.1. The van der Waals surface area contributed by atoms with Crippen LogP contribution in [0.2, 0.25) is 19.6 Å². The second kappa shape index (κ2) is 15.8. The quantitative estimate of drug-likeness (QED) is 0.123. The van der Waals surface area contributed by atoms with Crippen molar-refractivity contribution in [1.29, 1.82) is 0 Å². The molecule has 0 aliphatic carbocycles. The maximum Gasteiger partial charge on any atom is 0.0795 e. The Kier molecular flexibility index (Phi) is 11.0. The van der Waals surface area contributed by atoms with Gasteiger partial charge in [0.1, 0.15) is 0 Å². The van der Waals surface area contributed by atoms with Crippen molar-refractivity contribution in [3.05, 3.63) is 151 Å².